The third-order valence-electron chi connectivity index (χ3n) is 4.09. The van der Waals surface area contributed by atoms with Gasteiger partial charge in [0.15, 0.2) is 0 Å². The van der Waals surface area contributed by atoms with Crippen molar-refractivity contribution in [2.24, 2.45) is 5.92 Å². The summed E-state index contributed by atoms with van der Waals surface area (Å²) in [5.41, 5.74) is 0.612. The molecule has 0 unspecified atom stereocenters. The second-order valence-corrected chi connectivity index (χ2v) is 6.37. The van der Waals surface area contributed by atoms with Crippen molar-refractivity contribution in [2.75, 3.05) is 25.0 Å². The lowest BCUT2D eigenvalue weighted by molar-refractivity contribution is 0.0777. The van der Waals surface area contributed by atoms with Crippen LogP contribution in [0.25, 0.3) is 0 Å². The summed E-state index contributed by atoms with van der Waals surface area (Å²) in [5.74, 6) is 0.605. The Morgan fingerprint density at radius 2 is 1.80 bits per heavy atom. The van der Waals surface area contributed by atoms with Gasteiger partial charge in [0.25, 0.3) is 0 Å². The molecule has 3 aliphatic rings. The van der Waals surface area contributed by atoms with Crippen molar-refractivity contribution in [3.05, 3.63) is 28.2 Å². The zero-order chi connectivity index (χ0) is 14.1. The van der Waals surface area contributed by atoms with E-state index in [1.54, 1.807) is 18.2 Å². The topological polar surface area (TPSA) is 44.4 Å². The zero-order valence-corrected chi connectivity index (χ0v) is 12.5. The van der Waals surface area contributed by atoms with Gasteiger partial charge in [-0.05, 0) is 50.0 Å². The highest BCUT2D eigenvalue weighted by molar-refractivity contribution is 6.35. The minimum atomic E-state index is -0.193. The van der Waals surface area contributed by atoms with E-state index in [4.69, 9.17) is 23.2 Å². The van der Waals surface area contributed by atoms with Crippen molar-refractivity contribution in [1.29, 1.82) is 0 Å². The monoisotopic (exact) mass is 313 g/mol. The normalized spacial score (nSPS) is 28.2. The van der Waals surface area contributed by atoms with Gasteiger partial charge in [0.1, 0.15) is 0 Å². The van der Waals surface area contributed by atoms with Crippen LogP contribution in [-0.4, -0.2) is 36.6 Å². The van der Waals surface area contributed by atoms with Gasteiger partial charge < -0.3 is 15.5 Å². The predicted octanol–water partition coefficient (Wildman–Crippen LogP) is 3.21. The number of carbonyl (C=O) groups excluding carboxylic acids is 1. The smallest absolute Gasteiger partial charge is 0.319 e. The maximum Gasteiger partial charge on any atom is 0.319 e. The first kappa shape index (κ1) is 14.0. The van der Waals surface area contributed by atoms with Crippen LogP contribution in [0.4, 0.5) is 10.5 Å². The second-order valence-electron chi connectivity index (χ2n) is 5.50. The van der Waals surface area contributed by atoms with Crippen LogP contribution in [-0.2, 0) is 0 Å². The highest BCUT2D eigenvalue weighted by atomic mass is 35.5. The van der Waals surface area contributed by atoms with E-state index in [2.05, 4.69) is 15.5 Å². The molecule has 0 saturated carbocycles. The van der Waals surface area contributed by atoms with Crippen LogP contribution in [0.3, 0.4) is 0 Å². The molecule has 1 atom stereocenters. The average Bonchev–Trinajstić information content (AvgIpc) is 2.38. The van der Waals surface area contributed by atoms with Crippen LogP contribution >= 0.6 is 23.2 Å². The number of nitrogens with zero attached hydrogens (tertiary/aromatic N) is 1. The van der Waals surface area contributed by atoms with E-state index in [1.807, 2.05) is 0 Å². The van der Waals surface area contributed by atoms with Gasteiger partial charge in [-0.2, -0.15) is 0 Å². The van der Waals surface area contributed by atoms with Crippen molar-refractivity contribution in [3.8, 4) is 0 Å². The van der Waals surface area contributed by atoms with Gasteiger partial charge in [0.2, 0.25) is 0 Å². The number of carbonyl (C=O) groups is 1. The van der Waals surface area contributed by atoms with Crippen molar-refractivity contribution in [1.82, 2.24) is 10.2 Å². The molecule has 0 aliphatic carbocycles. The summed E-state index contributed by atoms with van der Waals surface area (Å²) in [6, 6.07) is 5.06. The molecule has 3 heterocycles. The van der Waals surface area contributed by atoms with E-state index in [-0.39, 0.29) is 12.1 Å². The SMILES string of the molecule is O=C(Nc1cc(Cl)cc(Cl)c1)N[C@@H]1CN2CCC1CC2. The molecule has 3 saturated heterocycles. The number of benzene rings is 1. The second kappa shape index (κ2) is 5.80. The van der Waals surface area contributed by atoms with Crippen molar-refractivity contribution < 1.29 is 4.79 Å². The Kier molecular flexibility index (Phi) is 4.06. The van der Waals surface area contributed by atoms with Gasteiger partial charge in [-0.25, -0.2) is 4.79 Å². The zero-order valence-electron chi connectivity index (χ0n) is 11.0. The molecule has 4 rings (SSSR count). The summed E-state index contributed by atoms with van der Waals surface area (Å²) in [4.78, 5) is 14.5. The van der Waals surface area contributed by atoms with E-state index in [0.717, 1.165) is 19.6 Å². The molecule has 3 aliphatic heterocycles. The molecule has 2 bridgehead atoms. The number of nitrogens with one attached hydrogen (secondary N) is 2. The number of halogens is 2. The standard InChI is InChI=1S/C14H17Cl2N3O/c15-10-5-11(16)7-12(6-10)17-14(20)18-13-8-19-3-1-9(13)2-4-19/h5-7,9,13H,1-4,8H2,(H2,17,18,20)/t13-/m1/s1. The van der Waals surface area contributed by atoms with E-state index in [0.29, 0.717) is 21.7 Å². The molecule has 1 aromatic rings. The molecule has 4 nitrogen and oxygen atoms in total. The summed E-state index contributed by atoms with van der Waals surface area (Å²) in [6.45, 7) is 3.27. The first-order valence-electron chi connectivity index (χ1n) is 6.86. The van der Waals surface area contributed by atoms with E-state index in [1.165, 1.54) is 12.8 Å². The molecule has 20 heavy (non-hydrogen) atoms. The lowest BCUT2D eigenvalue weighted by atomic mass is 9.84. The Hall–Kier alpha value is -0.970. The number of anilines is 1. The molecule has 2 N–H and O–H groups in total. The van der Waals surface area contributed by atoms with Gasteiger partial charge in [-0.1, -0.05) is 23.2 Å². The number of urea groups is 1. The number of hydrogen-bond donors (Lipinski definition) is 2. The number of fused-ring (bicyclic) bond motifs is 3. The molecule has 0 radical (unpaired) electrons. The summed E-state index contributed by atoms with van der Waals surface area (Å²) < 4.78 is 0. The van der Waals surface area contributed by atoms with Gasteiger partial charge in [0.05, 0.1) is 0 Å². The van der Waals surface area contributed by atoms with Crippen molar-refractivity contribution >= 4 is 34.9 Å². The van der Waals surface area contributed by atoms with Crippen LogP contribution in [0.15, 0.2) is 18.2 Å². The molecule has 0 spiro atoms. The van der Waals surface area contributed by atoms with Gasteiger partial charge in [-0.15, -0.1) is 0 Å². The van der Waals surface area contributed by atoms with E-state index >= 15 is 0 Å². The van der Waals surface area contributed by atoms with Crippen LogP contribution in [0, 0.1) is 5.92 Å². The minimum Gasteiger partial charge on any atom is -0.334 e. The highest BCUT2D eigenvalue weighted by Gasteiger charge is 2.34. The molecule has 3 fully saturated rings. The van der Waals surface area contributed by atoms with Crippen LogP contribution in [0.1, 0.15) is 12.8 Å². The lowest BCUT2D eigenvalue weighted by Crippen LogP contribution is -2.57. The first-order chi connectivity index (χ1) is 9.60. The van der Waals surface area contributed by atoms with Gasteiger partial charge >= 0.3 is 6.03 Å². The summed E-state index contributed by atoms with van der Waals surface area (Å²) in [6.07, 6.45) is 2.35. The fourth-order valence-corrected chi connectivity index (χ4v) is 3.62. The number of amides is 2. The molecule has 6 heteroatoms. The van der Waals surface area contributed by atoms with Crippen molar-refractivity contribution in [3.63, 3.8) is 0 Å². The highest BCUT2D eigenvalue weighted by Crippen LogP contribution is 2.27. The molecular weight excluding hydrogens is 297 g/mol. The van der Waals surface area contributed by atoms with Gasteiger partial charge in [-0.3, -0.25) is 0 Å². The Balaban J connectivity index is 1.59. The minimum absolute atomic E-state index is 0.193. The number of piperidine rings is 3. The first-order valence-corrected chi connectivity index (χ1v) is 7.62. The van der Waals surface area contributed by atoms with Gasteiger partial charge in [0, 0.05) is 28.3 Å². The Labute approximate surface area is 128 Å². The largest absolute Gasteiger partial charge is 0.334 e. The quantitative estimate of drug-likeness (QED) is 0.880. The molecule has 108 valence electrons. The Morgan fingerprint density at radius 1 is 1.15 bits per heavy atom. The molecule has 0 aromatic heterocycles. The van der Waals surface area contributed by atoms with Crippen LogP contribution in [0.2, 0.25) is 10.0 Å². The van der Waals surface area contributed by atoms with E-state index in [9.17, 15) is 4.79 Å². The maximum absolute atomic E-state index is 12.1. The van der Waals surface area contributed by atoms with Crippen LogP contribution < -0.4 is 10.6 Å². The Morgan fingerprint density at radius 3 is 2.35 bits per heavy atom. The average molecular weight is 314 g/mol. The fourth-order valence-electron chi connectivity index (χ4n) is 3.09. The third kappa shape index (κ3) is 3.19. The lowest BCUT2D eigenvalue weighted by Gasteiger charge is -2.44. The van der Waals surface area contributed by atoms with Crippen molar-refractivity contribution in [2.45, 2.75) is 18.9 Å². The molecule has 2 amide bonds. The molecule has 1 aromatic carbocycles. The third-order valence-corrected chi connectivity index (χ3v) is 4.53. The van der Waals surface area contributed by atoms with E-state index < -0.39 is 0 Å². The summed E-state index contributed by atoms with van der Waals surface area (Å²) in [7, 11) is 0. The summed E-state index contributed by atoms with van der Waals surface area (Å²) >= 11 is 11.8. The number of hydrogen-bond acceptors (Lipinski definition) is 2. The maximum atomic E-state index is 12.1. The number of rotatable bonds is 2. The Bertz CT molecular complexity index is 495. The fraction of sp³-hybridized carbons (Fsp3) is 0.500. The predicted molar refractivity (Wildman–Crippen MR) is 81.6 cm³/mol. The van der Waals surface area contributed by atoms with Crippen LogP contribution in [0.5, 0.6) is 0 Å². The summed E-state index contributed by atoms with van der Waals surface area (Å²) in [5, 5.41) is 6.87. The molecular formula is C14H17Cl2N3O.